The van der Waals surface area contributed by atoms with Crippen LogP contribution in [0.5, 0.6) is 5.75 Å². The molecule has 0 radical (unpaired) electrons. The summed E-state index contributed by atoms with van der Waals surface area (Å²) < 4.78 is 7.09. The van der Waals surface area contributed by atoms with E-state index in [0.29, 0.717) is 42.7 Å². The Labute approximate surface area is 207 Å². The molecule has 2 aromatic carbocycles. The Morgan fingerprint density at radius 2 is 1.63 bits per heavy atom. The summed E-state index contributed by atoms with van der Waals surface area (Å²) in [6.07, 6.45) is 0. The fourth-order valence-corrected chi connectivity index (χ4v) is 5.12. The van der Waals surface area contributed by atoms with Crippen molar-refractivity contribution < 1.29 is 9.53 Å². The van der Waals surface area contributed by atoms with E-state index in [-0.39, 0.29) is 18.1 Å². The van der Waals surface area contributed by atoms with Crippen LogP contribution in [0.25, 0.3) is 15.5 Å². The Balaban J connectivity index is 1.24. The summed E-state index contributed by atoms with van der Waals surface area (Å²) in [7, 11) is 0. The van der Waals surface area contributed by atoms with E-state index in [2.05, 4.69) is 11.2 Å². The molecule has 0 aliphatic carbocycles. The fourth-order valence-electron chi connectivity index (χ4n) is 4.21. The number of ether oxygens (including phenoxy) is 1. The summed E-state index contributed by atoms with van der Waals surface area (Å²) >= 11 is 1.39. The number of aryl methyl sites for hydroxylation is 3. The van der Waals surface area contributed by atoms with Gasteiger partial charge >= 0.3 is 0 Å². The lowest BCUT2D eigenvalue weighted by Crippen LogP contribution is -2.50. The van der Waals surface area contributed by atoms with E-state index in [1.807, 2.05) is 62.1 Å². The number of benzene rings is 2. The maximum Gasteiger partial charge on any atom is 0.277 e. The average Bonchev–Trinajstić information content (AvgIpc) is 3.27. The molecule has 0 N–H and O–H groups in total. The highest BCUT2D eigenvalue weighted by Gasteiger charge is 2.23. The average molecular weight is 490 g/mol. The Morgan fingerprint density at radius 3 is 2.31 bits per heavy atom. The first-order valence-corrected chi connectivity index (χ1v) is 12.4. The van der Waals surface area contributed by atoms with Gasteiger partial charge in [-0.05, 0) is 44.0 Å². The standard InChI is InChI=1S/C26H27N5O3S/c1-17-4-6-20(7-5-17)25-28-31-23(32)15-22(27-26(31)35-25)29-8-10-30(11-9-29)24(33)16-34-21-13-18(2)12-19(3)14-21/h4-7,12-15H,8-11,16H2,1-3H3. The maximum atomic E-state index is 12.7. The van der Waals surface area contributed by atoms with Crippen molar-refractivity contribution in [2.75, 3.05) is 37.7 Å². The molecule has 35 heavy (non-hydrogen) atoms. The third-order valence-corrected chi connectivity index (χ3v) is 7.00. The van der Waals surface area contributed by atoms with Crippen LogP contribution in [-0.2, 0) is 4.79 Å². The number of hydrogen-bond donors (Lipinski definition) is 0. The molecule has 1 aliphatic heterocycles. The summed E-state index contributed by atoms with van der Waals surface area (Å²) in [5.74, 6) is 1.28. The van der Waals surface area contributed by atoms with Gasteiger partial charge in [0.25, 0.3) is 11.5 Å². The highest BCUT2D eigenvalue weighted by molar-refractivity contribution is 7.19. The molecule has 1 amide bonds. The molecule has 3 heterocycles. The largest absolute Gasteiger partial charge is 0.484 e. The van der Waals surface area contributed by atoms with E-state index in [0.717, 1.165) is 21.7 Å². The van der Waals surface area contributed by atoms with Gasteiger partial charge in [0, 0.05) is 37.8 Å². The van der Waals surface area contributed by atoms with Crippen molar-refractivity contribution in [2.45, 2.75) is 20.8 Å². The lowest BCUT2D eigenvalue weighted by Gasteiger charge is -2.35. The van der Waals surface area contributed by atoms with Gasteiger partial charge in [0.05, 0.1) is 0 Å². The van der Waals surface area contributed by atoms with Crippen molar-refractivity contribution in [3.05, 3.63) is 75.6 Å². The van der Waals surface area contributed by atoms with E-state index in [1.54, 1.807) is 4.90 Å². The molecule has 8 nitrogen and oxygen atoms in total. The van der Waals surface area contributed by atoms with Gasteiger partial charge in [-0.1, -0.05) is 47.2 Å². The van der Waals surface area contributed by atoms with Gasteiger partial charge in [0.2, 0.25) is 4.96 Å². The number of carbonyl (C=O) groups is 1. The number of amides is 1. The van der Waals surface area contributed by atoms with Crippen molar-refractivity contribution in [2.24, 2.45) is 0 Å². The molecule has 0 bridgehead atoms. The highest BCUT2D eigenvalue weighted by Crippen LogP contribution is 2.25. The molecule has 1 fully saturated rings. The third-order valence-electron chi connectivity index (χ3n) is 6.04. The number of piperazine rings is 1. The van der Waals surface area contributed by atoms with Crippen LogP contribution in [0.1, 0.15) is 16.7 Å². The van der Waals surface area contributed by atoms with Gasteiger partial charge in [-0.3, -0.25) is 9.59 Å². The summed E-state index contributed by atoms with van der Waals surface area (Å²) in [5.41, 5.74) is 4.13. The van der Waals surface area contributed by atoms with Crippen molar-refractivity contribution in [3.8, 4) is 16.3 Å². The van der Waals surface area contributed by atoms with Crippen molar-refractivity contribution in [1.82, 2.24) is 19.5 Å². The summed E-state index contributed by atoms with van der Waals surface area (Å²) in [6.45, 7) is 8.36. The van der Waals surface area contributed by atoms with Crippen molar-refractivity contribution >= 4 is 28.0 Å². The zero-order valence-electron chi connectivity index (χ0n) is 20.0. The molecular formula is C26H27N5O3S. The van der Waals surface area contributed by atoms with Crippen LogP contribution in [0.3, 0.4) is 0 Å². The Kier molecular flexibility index (Phi) is 6.25. The number of hydrogen-bond acceptors (Lipinski definition) is 7. The summed E-state index contributed by atoms with van der Waals surface area (Å²) in [4.78, 5) is 34.5. The molecule has 5 rings (SSSR count). The topological polar surface area (TPSA) is 80.0 Å². The van der Waals surface area contributed by atoms with E-state index in [4.69, 9.17) is 9.72 Å². The number of anilines is 1. The van der Waals surface area contributed by atoms with Crippen LogP contribution < -0.4 is 15.2 Å². The fraction of sp³-hybridized carbons (Fsp3) is 0.308. The SMILES string of the molecule is Cc1ccc(-c2nn3c(=O)cc(N4CCN(C(=O)COc5cc(C)cc(C)c5)CC4)nc3s2)cc1. The number of fused-ring (bicyclic) bond motifs is 1. The second-order valence-corrected chi connectivity index (χ2v) is 9.86. The molecule has 0 saturated carbocycles. The quantitative estimate of drug-likeness (QED) is 0.427. The molecule has 9 heteroatoms. The molecule has 4 aromatic rings. The highest BCUT2D eigenvalue weighted by atomic mass is 32.1. The first kappa shape index (κ1) is 23.0. The molecule has 1 saturated heterocycles. The van der Waals surface area contributed by atoms with Crippen LogP contribution in [0, 0.1) is 20.8 Å². The number of carbonyl (C=O) groups excluding carboxylic acids is 1. The van der Waals surface area contributed by atoms with E-state index in [1.165, 1.54) is 27.5 Å². The predicted octanol–water partition coefficient (Wildman–Crippen LogP) is 3.47. The second-order valence-electron chi connectivity index (χ2n) is 8.90. The van der Waals surface area contributed by atoms with Gasteiger partial charge in [0.1, 0.15) is 16.6 Å². The predicted molar refractivity (Wildman–Crippen MR) is 138 cm³/mol. The van der Waals surface area contributed by atoms with Crippen LogP contribution in [0.2, 0.25) is 0 Å². The molecule has 2 aromatic heterocycles. The number of rotatable bonds is 5. The third kappa shape index (κ3) is 5.05. The van der Waals surface area contributed by atoms with Gasteiger partial charge in [-0.2, -0.15) is 9.61 Å². The van der Waals surface area contributed by atoms with Gasteiger partial charge < -0.3 is 14.5 Å². The van der Waals surface area contributed by atoms with Gasteiger partial charge in [0.15, 0.2) is 6.61 Å². The van der Waals surface area contributed by atoms with Crippen LogP contribution in [-0.4, -0.2) is 58.2 Å². The van der Waals surface area contributed by atoms with E-state index in [9.17, 15) is 9.59 Å². The van der Waals surface area contributed by atoms with Crippen LogP contribution >= 0.6 is 11.3 Å². The molecule has 180 valence electrons. The number of aromatic nitrogens is 3. The summed E-state index contributed by atoms with van der Waals surface area (Å²) in [6, 6.07) is 15.5. The van der Waals surface area contributed by atoms with Gasteiger partial charge in [-0.25, -0.2) is 4.98 Å². The Bertz CT molecular complexity index is 1420. The van der Waals surface area contributed by atoms with Crippen molar-refractivity contribution in [1.29, 1.82) is 0 Å². The molecule has 0 spiro atoms. The van der Waals surface area contributed by atoms with Crippen LogP contribution in [0.4, 0.5) is 5.82 Å². The molecule has 0 atom stereocenters. The first-order valence-electron chi connectivity index (χ1n) is 11.6. The summed E-state index contributed by atoms with van der Waals surface area (Å²) in [5, 5.41) is 5.22. The monoisotopic (exact) mass is 489 g/mol. The minimum Gasteiger partial charge on any atom is -0.484 e. The first-order chi connectivity index (χ1) is 16.9. The zero-order valence-corrected chi connectivity index (χ0v) is 20.8. The minimum absolute atomic E-state index is 0.0110. The minimum atomic E-state index is -0.208. The second kappa shape index (κ2) is 9.50. The smallest absolute Gasteiger partial charge is 0.277 e. The molecule has 1 aliphatic rings. The lowest BCUT2D eigenvalue weighted by molar-refractivity contribution is -0.133. The van der Waals surface area contributed by atoms with Gasteiger partial charge in [-0.15, -0.1) is 0 Å². The maximum absolute atomic E-state index is 12.7. The van der Waals surface area contributed by atoms with E-state index >= 15 is 0 Å². The zero-order chi connectivity index (χ0) is 24.5. The van der Waals surface area contributed by atoms with Crippen molar-refractivity contribution in [3.63, 3.8) is 0 Å². The molecular weight excluding hydrogens is 462 g/mol. The normalized spacial score (nSPS) is 13.9. The number of nitrogens with zero attached hydrogens (tertiary/aromatic N) is 5. The van der Waals surface area contributed by atoms with E-state index < -0.39 is 0 Å². The molecule has 0 unspecified atom stereocenters. The Hall–Kier alpha value is -3.72. The van der Waals surface area contributed by atoms with Crippen LogP contribution in [0.15, 0.2) is 53.3 Å². The lowest BCUT2D eigenvalue weighted by atomic mass is 10.1. The Morgan fingerprint density at radius 1 is 0.943 bits per heavy atom.